The molecule has 0 atom stereocenters. The fourth-order valence-electron chi connectivity index (χ4n) is 2.07. The highest BCUT2D eigenvalue weighted by Crippen LogP contribution is 2.12. The van der Waals surface area contributed by atoms with E-state index in [1.54, 1.807) is 12.1 Å². The predicted molar refractivity (Wildman–Crippen MR) is 79.2 cm³/mol. The van der Waals surface area contributed by atoms with E-state index in [0.717, 1.165) is 11.3 Å². The van der Waals surface area contributed by atoms with Gasteiger partial charge in [-0.25, -0.2) is 0 Å². The van der Waals surface area contributed by atoms with Gasteiger partial charge in [0.05, 0.1) is 12.8 Å². The molecule has 0 aliphatic heterocycles. The van der Waals surface area contributed by atoms with Gasteiger partial charge in [-0.1, -0.05) is 30.3 Å². The third-order valence-electron chi connectivity index (χ3n) is 3.14. The highest BCUT2D eigenvalue weighted by Gasteiger charge is 2.12. The number of carbonyl (C=O) groups excluding carboxylic acids is 1. The topological polar surface area (TPSA) is 60.1 Å². The summed E-state index contributed by atoms with van der Waals surface area (Å²) in [6.45, 7) is 2.63. The maximum absolute atomic E-state index is 11.9. The standard InChI is InChI=1S/C16H15N3O2/c1-12-10-15(17-16(20)14-8-5-9-21-14)18-19(12)11-13-6-3-2-4-7-13/h2-10H,11H2,1H3,(H,17,18,20). The zero-order valence-electron chi connectivity index (χ0n) is 11.6. The van der Waals surface area contributed by atoms with Crippen molar-refractivity contribution in [3.05, 3.63) is 71.8 Å². The summed E-state index contributed by atoms with van der Waals surface area (Å²) in [5.41, 5.74) is 2.14. The van der Waals surface area contributed by atoms with Crippen LogP contribution in [0.3, 0.4) is 0 Å². The number of aromatic nitrogens is 2. The molecule has 0 unspecified atom stereocenters. The minimum absolute atomic E-state index is 0.269. The quantitative estimate of drug-likeness (QED) is 0.799. The van der Waals surface area contributed by atoms with Crippen LogP contribution < -0.4 is 5.32 Å². The van der Waals surface area contributed by atoms with E-state index in [0.29, 0.717) is 12.4 Å². The molecule has 1 N–H and O–H groups in total. The minimum Gasteiger partial charge on any atom is -0.459 e. The van der Waals surface area contributed by atoms with Gasteiger partial charge in [-0.3, -0.25) is 9.48 Å². The van der Waals surface area contributed by atoms with Crippen molar-refractivity contribution in [1.29, 1.82) is 0 Å². The van der Waals surface area contributed by atoms with Crippen molar-refractivity contribution in [3.63, 3.8) is 0 Å². The molecular weight excluding hydrogens is 266 g/mol. The number of anilines is 1. The minimum atomic E-state index is -0.302. The van der Waals surface area contributed by atoms with Gasteiger partial charge in [-0.15, -0.1) is 0 Å². The molecule has 0 aliphatic carbocycles. The molecule has 3 aromatic rings. The molecule has 0 fully saturated rings. The molecule has 5 nitrogen and oxygen atoms in total. The molecule has 0 saturated carbocycles. The average Bonchev–Trinajstić information content (AvgIpc) is 3.11. The van der Waals surface area contributed by atoms with E-state index in [1.165, 1.54) is 6.26 Å². The second-order valence-electron chi connectivity index (χ2n) is 4.75. The molecule has 0 bridgehead atoms. The molecule has 1 amide bonds. The Labute approximate surface area is 122 Å². The van der Waals surface area contributed by atoms with Gasteiger partial charge in [-0.2, -0.15) is 5.10 Å². The van der Waals surface area contributed by atoms with Crippen LogP contribution in [0.5, 0.6) is 0 Å². The van der Waals surface area contributed by atoms with E-state index in [4.69, 9.17) is 4.42 Å². The van der Waals surface area contributed by atoms with Crippen LogP contribution in [0, 0.1) is 6.92 Å². The van der Waals surface area contributed by atoms with Crippen LogP contribution in [-0.4, -0.2) is 15.7 Å². The van der Waals surface area contributed by atoms with Gasteiger partial charge < -0.3 is 9.73 Å². The first-order valence-corrected chi connectivity index (χ1v) is 6.65. The summed E-state index contributed by atoms with van der Waals surface area (Å²) in [6.07, 6.45) is 1.47. The van der Waals surface area contributed by atoms with Crippen LogP contribution in [0.2, 0.25) is 0 Å². The van der Waals surface area contributed by atoms with E-state index in [1.807, 2.05) is 48.0 Å². The molecule has 0 aliphatic rings. The lowest BCUT2D eigenvalue weighted by Gasteiger charge is -2.04. The Kier molecular flexibility index (Phi) is 3.55. The first-order valence-electron chi connectivity index (χ1n) is 6.65. The lowest BCUT2D eigenvalue weighted by molar-refractivity contribution is 0.0996. The summed E-state index contributed by atoms with van der Waals surface area (Å²) in [6, 6.07) is 15.2. The van der Waals surface area contributed by atoms with Gasteiger partial charge in [0.2, 0.25) is 0 Å². The van der Waals surface area contributed by atoms with Gasteiger partial charge in [0.1, 0.15) is 0 Å². The second kappa shape index (κ2) is 5.66. The van der Waals surface area contributed by atoms with Gasteiger partial charge in [-0.05, 0) is 24.6 Å². The zero-order chi connectivity index (χ0) is 14.7. The molecule has 5 heteroatoms. The lowest BCUT2D eigenvalue weighted by atomic mass is 10.2. The summed E-state index contributed by atoms with van der Waals surface area (Å²) in [5, 5.41) is 7.12. The number of rotatable bonds is 4. The highest BCUT2D eigenvalue weighted by atomic mass is 16.3. The maximum atomic E-state index is 11.9. The van der Waals surface area contributed by atoms with E-state index >= 15 is 0 Å². The number of nitrogens with zero attached hydrogens (tertiary/aromatic N) is 2. The average molecular weight is 281 g/mol. The highest BCUT2D eigenvalue weighted by molar-refractivity contribution is 6.01. The number of nitrogens with one attached hydrogen (secondary N) is 1. The predicted octanol–water partition coefficient (Wildman–Crippen LogP) is 3.09. The number of hydrogen-bond acceptors (Lipinski definition) is 3. The van der Waals surface area contributed by atoms with E-state index in [9.17, 15) is 4.79 Å². The largest absolute Gasteiger partial charge is 0.459 e. The van der Waals surface area contributed by atoms with Crippen LogP contribution in [0.4, 0.5) is 5.82 Å². The van der Waals surface area contributed by atoms with Crippen LogP contribution in [0.15, 0.2) is 59.2 Å². The summed E-state index contributed by atoms with van der Waals surface area (Å²) >= 11 is 0. The third-order valence-corrected chi connectivity index (χ3v) is 3.14. The van der Waals surface area contributed by atoms with Crippen molar-refractivity contribution >= 4 is 11.7 Å². The van der Waals surface area contributed by atoms with Crippen LogP contribution >= 0.6 is 0 Å². The van der Waals surface area contributed by atoms with E-state index in [-0.39, 0.29) is 11.7 Å². The van der Waals surface area contributed by atoms with Crippen LogP contribution in [-0.2, 0) is 6.54 Å². The fraction of sp³-hybridized carbons (Fsp3) is 0.125. The fourth-order valence-corrected chi connectivity index (χ4v) is 2.07. The normalized spacial score (nSPS) is 10.5. The summed E-state index contributed by atoms with van der Waals surface area (Å²) in [4.78, 5) is 11.9. The molecular formula is C16H15N3O2. The van der Waals surface area contributed by atoms with Gasteiger partial charge in [0, 0.05) is 11.8 Å². The molecule has 1 aromatic carbocycles. The number of benzene rings is 1. The smallest absolute Gasteiger partial charge is 0.292 e. The van der Waals surface area contributed by atoms with Gasteiger partial charge in [0.15, 0.2) is 11.6 Å². The second-order valence-corrected chi connectivity index (χ2v) is 4.75. The molecule has 21 heavy (non-hydrogen) atoms. The van der Waals surface area contributed by atoms with Crippen molar-refractivity contribution in [2.75, 3.05) is 5.32 Å². The first-order chi connectivity index (χ1) is 10.2. The Morgan fingerprint density at radius 3 is 2.76 bits per heavy atom. The van der Waals surface area contributed by atoms with Crippen molar-refractivity contribution in [2.24, 2.45) is 0 Å². The summed E-state index contributed by atoms with van der Waals surface area (Å²) < 4.78 is 6.91. The monoisotopic (exact) mass is 281 g/mol. The number of furan rings is 1. The van der Waals surface area contributed by atoms with Gasteiger partial charge in [0.25, 0.3) is 5.91 Å². The molecule has 106 valence electrons. The number of hydrogen-bond donors (Lipinski definition) is 1. The third kappa shape index (κ3) is 3.02. The van der Waals surface area contributed by atoms with Crippen LogP contribution in [0.1, 0.15) is 21.8 Å². The molecule has 0 saturated heterocycles. The van der Waals surface area contributed by atoms with E-state index in [2.05, 4.69) is 10.4 Å². The number of carbonyl (C=O) groups is 1. The van der Waals surface area contributed by atoms with Crippen molar-refractivity contribution in [1.82, 2.24) is 9.78 Å². The zero-order valence-corrected chi connectivity index (χ0v) is 11.6. The Bertz CT molecular complexity index is 730. The number of amides is 1. The molecule has 2 heterocycles. The molecule has 3 rings (SSSR count). The van der Waals surface area contributed by atoms with Crippen molar-refractivity contribution in [2.45, 2.75) is 13.5 Å². The SMILES string of the molecule is Cc1cc(NC(=O)c2ccco2)nn1Cc1ccccc1. The Morgan fingerprint density at radius 2 is 2.05 bits per heavy atom. The Hall–Kier alpha value is -2.82. The van der Waals surface area contributed by atoms with Crippen molar-refractivity contribution < 1.29 is 9.21 Å². The Morgan fingerprint density at radius 1 is 1.24 bits per heavy atom. The maximum Gasteiger partial charge on any atom is 0.292 e. The Balaban J connectivity index is 1.74. The van der Waals surface area contributed by atoms with E-state index < -0.39 is 0 Å². The molecule has 0 radical (unpaired) electrons. The summed E-state index contributed by atoms with van der Waals surface area (Å²) in [5.74, 6) is 0.486. The van der Waals surface area contributed by atoms with Crippen LogP contribution in [0.25, 0.3) is 0 Å². The molecule has 0 spiro atoms. The number of aryl methyl sites for hydroxylation is 1. The lowest BCUT2D eigenvalue weighted by Crippen LogP contribution is -2.12. The first kappa shape index (κ1) is 13.2. The summed E-state index contributed by atoms with van der Waals surface area (Å²) in [7, 11) is 0. The molecule has 2 aromatic heterocycles. The van der Waals surface area contributed by atoms with Gasteiger partial charge >= 0.3 is 0 Å². The van der Waals surface area contributed by atoms with Crippen molar-refractivity contribution in [3.8, 4) is 0 Å².